The van der Waals surface area contributed by atoms with Crippen molar-refractivity contribution < 1.29 is 0 Å². The standard InChI is InChI=1S/C14H28N2/c1-7-14(6)11-16(9-8-12(2)3)13(4,5)10-15-14/h8,15H,7,9-11H2,1-6H3. The number of allylic oxidation sites excluding steroid dienone is 1. The summed E-state index contributed by atoms with van der Waals surface area (Å²) in [6.45, 7) is 16.9. The molecule has 1 atom stereocenters. The second-order valence-corrected chi connectivity index (χ2v) is 6.24. The number of hydrogen-bond acceptors (Lipinski definition) is 2. The van der Waals surface area contributed by atoms with Gasteiger partial charge in [0.05, 0.1) is 0 Å². The van der Waals surface area contributed by atoms with Crippen molar-refractivity contribution in [2.45, 2.75) is 59.0 Å². The average molecular weight is 224 g/mol. The summed E-state index contributed by atoms with van der Waals surface area (Å²) in [7, 11) is 0. The van der Waals surface area contributed by atoms with Gasteiger partial charge in [-0.15, -0.1) is 0 Å². The molecule has 1 fully saturated rings. The number of nitrogens with one attached hydrogen (secondary N) is 1. The van der Waals surface area contributed by atoms with Crippen molar-refractivity contribution >= 4 is 0 Å². The predicted octanol–water partition coefficient (Wildman–Crippen LogP) is 2.81. The van der Waals surface area contributed by atoms with Crippen LogP contribution in [-0.4, -0.2) is 35.6 Å². The quantitative estimate of drug-likeness (QED) is 0.742. The van der Waals surface area contributed by atoms with Crippen molar-refractivity contribution in [3.05, 3.63) is 11.6 Å². The third-order valence-corrected chi connectivity index (χ3v) is 3.84. The molecule has 1 aliphatic heterocycles. The minimum atomic E-state index is 0.265. The molecular weight excluding hydrogens is 196 g/mol. The summed E-state index contributed by atoms with van der Waals surface area (Å²) < 4.78 is 0. The second-order valence-electron chi connectivity index (χ2n) is 6.24. The van der Waals surface area contributed by atoms with Crippen molar-refractivity contribution in [3.63, 3.8) is 0 Å². The molecule has 0 aromatic rings. The molecule has 0 radical (unpaired) electrons. The summed E-state index contributed by atoms with van der Waals surface area (Å²) in [6.07, 6.45) is 3.53. The van der Waals surface area contributed by atoms with Crippen molar-refractivity contribution in [1.82, 2.24) is 10.2 Å². The van der Waals surface area contributed by atoms with Gasteiger partial charge in [0.25, 0.3) is 0 Å². The first-order valence-corrected chi connectivity index (χ1v) is 6.42. The Morgan fingerprint density at radius 3 is 2.44 bits per heavy atom. The van der Waals surface area contributed by atoms with Gasteiger partial charge in [-0.3, -0.25) is 4.90 Å². The second kappa shape index (κ2) is 4.89. The first-order chi connectivity index (χ1) is 7.29. The predicted molar refractivity (Wildman–Crippen MR) is 71.8 cm³/mol. The Morgan fingerprint density at radius 2 is 1.94 bits per heavy atom. The largest absolute Gasteiger partial charge is 0.308 e. The van der Waals surface area contributed by atoms with Gasteiger partial charge >= 0.3 is 0 Å². The minimum absolute atomic E-state index is 0.265. The molecule has 1 N–H and O–H groups in total. The molecule has 94 valence electrons. The lowest BCUT2D eigenvalue weighted by atomic mass is 9.88. The fraction of sp³-hybridized carbons (Fsp3) is 0.857. The van der Waals surface area contributed by atoms with E-state index in [1.54, 1.807) is 0 Å². The van der Waals surface area contributed by atoms with Crippen LogP contribution in [0.25, 0.3) is 0 Å². The van der Waals surface area contributed by atoms with Crippen LogP contribution in [0.1, 0.15) is 48.0 Å². The smallest absolute Gasteiger partial charge is 0.0281 e. The van der Waals surface area contributed by atoms with Crippen LogP contribution in [0, 0.1) is 0 Å². The van der Waals surface area contributed by atoms with E-state index in [4.69, 9.17) is 0 Å². The summed E-state index contributed by atoms with van der Waals surface area (Å²) in [4.78, 5) is 2.60. The highest BCUT2D eigenvalue weighted by Crippen LogP contribution is 2.25. The molecule has 1 rings (SSSR count). The molecule has 2 nitrogen and oxygen atoms in total. The van der Waals surface area contributed by atoms with E-state index in [-0.39, 0.29) is 11.1 Å². The Kier molecular flexibility index (Phi) is 4.19. The highest BCUT2D eigenvalue weighted by atomic mass is 15.3. The zero-order valence-electron chi connectivity index (χ0n) is 11.9. The maximum Gasteiger partial charge on any atom is 0.0281 e. The van der Waals surface area contributed by atoms with E-state index < -0.39 is 0 Å². The van der Waals surface area contributed by atoms with Crippen LogP contribution in [-0.2, 0) is 0 Å². The molecule has 0 aromatic carbocycles. The van der Waals surface area contributed by atoms with Crippen LogP contribution in [0.5, 0.6) is 0 Å². The van der Waals surface area contributed by atoms with Crippen molar-refractivity contribution in [2.24, 2.45) is 0 Å². The van der Waals surface area contributed by atoms with Crippen molar-refractivity contribution in [2.75, 3.05) is 19.6 Å². The van der Waals surface area contributed by atoms with Gasteiger partial charge in [0.1, 0.15) is 0 Å². The van der Waals surface area contributed by atoms with E-state index in [0.29, 0.717) is 0 Å². The Balaban J connectivity index is 2.73. The summed E-state index contributed by atoms with van der Waals surface area (Å²) in [5, 5.41) is 3.69. The maximum atomic E-state index is 3.69. The summed E-state index contributed by atoms with van der Waals surface area (Å²) in [5.41, 5.74) is 1.96. The molecule has 2 heteroatoms. The molecule has 0 aliphatic carbocycles. The zero-order valence-corrected chi connectivity index (χ0v) is 11.9. The van der Waals surface area contributed by atoms with Crippen LogP contribution in [0.2, 0.25) is 0 Å². The Morgan fingerprint density at radius 1 is 1.31 bits per heavy atom. The third kappa shape index (κ3) is 3.33. The molecule has 1 unspecified atom stereocenters. The van der Waals surface area contributed by atoms with Gasteiger partial charge in [0.15, 0.2) is 0 Å². The Bertz CT molecular complexity index is 264. The van der Waals surface area contributed by atoms with E-state index in [1.807, 2.05) is 0 Å². The van der Waals surface area contributed by atoms with Crippen molar-refractivity contribution in [3.8, 4) is 0 Å². The number of rotatable bonds is 3. The Labute approximate surface area is 101 Å². The molecule has 0 aromatic heterocycles. The normalized spacial score (nSPS) is 30.1. The van der Waals surface area contributed by atoms with Gasteiger partial charge in [-0.25, -0.2) is 0 Å². The lowest BCUT2D eigenvalue weighted by molar-refractivity contribution is 0.0414. The lowest BCUT2D eigenvalue weighted by Gasteiger charge is -2.50. The van der Waals surface area contributed by atoms with Gasteiger partial charge in [-0.05, 0) is 41.0 Å². The molecule has 1 saturated heterocycles. The van der Waals surface area contributed by atoms with E-state index in [0.717, 1.165) is 19.6 Å². The zero-order chi connectivity index (χ0) is 12.4. The van der Waals surface area contributed by atoms with Crippen LogP contribution >= 0.6 is 0 Å². The monoisotopic (exact) mass is 224 g/mol. The average Bonchev–Trinajstić information content (AvgIpc) is 2.20. The van der Waals surface area contributed by atoms with Crippen LogP contribution < -0.4 is 5.32 Å². The lowest BCUT2D eigenvalue weighted by Crippen LogP contribution is -2.66. The van der Waals surface area contributed by atoms with Crippen molar-refractivity contribution in [1.29, 1.82) is 0 Å². The van der Waals surface area contributed by atoms with Gasteiger partial charge in [0, 0.05) is 30.7 Å². The first kappa shape index (κ1) is 13.7. The summed E-state index contributed by atoms with van der Waals surface area (Å²) in [5.74, 6) is 0. The molecular formula is C14H28N2. The number of nitrogens with zero attached hydrogens (tertiary/aromatic N) is 1. The highest BCUT2D eigenvalue weighted by Gasteiger charge is 2.38. The van der Waals surface area contributed by atoms with Crippen LogP contribution in [0.4, 0.5) is 0 Å². The van der Waals surface area contributed by atoms with E-state index in [9.17, 15) is 0 Å². The molecule has 1 aliphatic rings. The minimum Gasteiger partial charge on any atom is -0.308 e. The maximum absolute atomic E-state index is 3.69. The third-order valence-electron chi connectivity index (χ3n) is 3.84. The topological polar surface area (TPSA) is 15.3 Å². The molecule has 1 heterocycles. The molecule has 16 heavy (non-hydrogen) atoms. The molecule has 0 bridgehead atoms. The van der Waals surface area contributed by atoms with Gasteiger partial charge in [-0.2, -0.15) is 0 Å². The molecule has 0 saturated carbocycles. The SMILES string of the molecule is CCC1(C)CN(CC=C(C)C)C(C)(C)CN1. The molecule has 0 spiro atoms. The van der Waals surface area contributed by atoms with E-state index in [1.165, 1.54) is 12.0 Å². The summed E-state index contributed by atoms with van der Waals surface area (Å²) >= 11 is 0. The van der Waals surface area contributed by atoms with E-state index >= 15 is 0 Å². The highest BCUT2D eigenvalue weighted by molar-refractivity contribution is 5.03. The van der Waals surface area contributed by atoms with Gasteiger partial charge in [-0.1, -0.05) is 18.6 Å². The summed E-state index contributed by atoms with van der Waals surface area (Å²) in [6, 6.07) is 0. The number of piperazine rings is 1. The van der Waals surface area contributed by atoms with E-state index in [2.05, 4.69) is 57.8 Å². The number of hydrogen-bond donors (Lipinski definition) is 1. The Hall–Kier alpha value is -0.340. The fourth-order valence-electron chi connectivity index (χ4n) is 2.07. The first-order valence-electron chi connectivity index (χ1n) is 6.42. The van der Waals surface area contributed by atoms with Crippen LogP contribution in [0.3, 0.4) is 0 Å². The van der Waals surface area contributed by atoms with Crippen LogP contribution in [0.15, 0.2) is 11.6 Å². The van der Waals surface area contributed by atoms with Gasteiger partial charge in [0.2, 0.25) is 0 Å². The van der Waals surface area contributed by atoms with Gasteiger partial charge < -0.3 is 5.32 Å². The fourth-order valence-corrected chi connectivity index (χ4v) is 2.07. The molecule has 0 amide bonds.